The topological polar surface area (TPSA) is 102 Å². The van der Waals surface area contributed by atoms with E-state index >= 15 is 0 Å². The Morgan fingerprint density at radius 2 is 1.64 bits per heavy atom. The molecule has 0 aromatic heterocycles. The van der Waals surface area contributed by atoms with Gasteiger partial charge in [0.05, 0.1) is 10.6 Å². The third-order valence-electron chi connectivity index (χ3n) is 5.39. The number of fused-ring (bicyclic) bond motifs is 1. The Kier molecular flexibility index (Phi) is 6.27. The molecule has 1 aliphatic carbocycles. The van der Waals surface area contributed by atoms with Crippen LogP contribution in [0.2, 0.25) is 0 Å². The maximum Gasteiger partial charge on any atom is 1.00 e. The molecule has 6 nitrogen and oxygen atoms in total. The predicted octanol–water partition coefficient (Wildman–Crippen LogP) is -0.463. The van der Waals surface area contributed by atoms with Crippen molar-refractivity contribution in [3.8, 4) is 0 Å². The van der Waals surface area contributed by atoms with Crippen LogP contribution < -0.4 is 29.6 Å². The molecule has 146 valence electrons. The van der Waals surface area contributed by atoms with Crippen molar-refractivity contribution in [2.75, 3.05) is 5.75 Å². The van der Waals surface area contributed by atoms with Gasteiger partial charge in [-0.25, -0.2) is 8.42 Å². The summed E-state index contributed by atoms with van der Waals surface area (Å²) >= 11 is 0. The number of ketones is 4. The molecule has 0 N–H and O–H groups in total. The van der Waals surface area contributed by atoms with E-state index in [1.165, 1.54) is 19.9 Å². The fourth-order valence-corrected chi connectivity index (χ4v) is 5.96. The minimum atomic E-state index is -3.60. The van der Waals surface area contributed by atoms with E-state index in [9.17, 15) is 27.6 Å². The van der Waals surface area contributed by atoms with Gasteiger partial charge in [0.2, 0.25) is 0 Å². The van der Waals surface area contributed by atoms with Gasteiger partial charge in [-0.3, -0.25) is 19.2 Å². The molecule has 0 radical (unpaired) electrons. The minimum Gasteiger partial charge on any atom is -1.00 e. The van der Waals surface area contributed by atoms with Gasteiger partial charge in [-0.05, 0) is 36.5 Å². The Labute approximate surface area is 188 Å². The van der Waals surface area contributed by atoms with Crippen molar-refractivity contribution in [1.29, 1.82) is 0 Å². The Balaban J connectivity index is 0.00000210. The summed E-state index contributed by atoms with van der Waals surface area (Å²) in [5.74, 6) is -3.44. The van der Waals surface area contributed by atoms with Crippen LogP contribution in [-0.4, -0.2) is 37.3 Å². The second-order valence-corrected chi connectivity index (χ2v) is 10.4. The molecule has 1 fully saturated rings. The molecule has 3 rings (SSSR count). The number of sulfone groups is 1. The van der Waals surface area contributed by atoms with Gasteiger partial charge >= 0.3 is 29.6 Å². The van der Waals surface area contributed by atoms with Gasteiger partial charge in [0.15, 0.2) is 33.0 Å². The first-order valence-electron chi connectivity index (χ1n) is 8.85. The summed E-state index contributed by atoms with van der Waals surface area (Å²) in [5.41, 5.74) is 0.168. The van der Waals surface area contributed by atoms with Crippen molar-refractivity contribution in [3.63, 3.8) is 0 Å². The molecular formula is C20H23NaO6S. The van der Waals surface area contributed by atoms with Crippen LogP contribution in [0, 0.1) is 25.2 Å². The Hall–Kier alpha value is -1.15. The van der Waals surface area contributed by atoms with Gasteiger partial charge in [-0.15, -0.1) is 0 Å². The number of hydrogen-bond acceptors (Lipinski definition) is 6. The smallest absolute Gasteiger partial charge is 1.00 e. The number of aryl methyl sites for hydroxylation is 1. The predicted molar refractivity (Wildman–Crippen MR) is 98.9 cm³/mol. The fourth-order valence-electron chi connectivity index (χ4n) is 4.18. The molecule has 0 spiro atoms. The third kappa shape index (κ3) is 3.82. The SMILES string of the molecule is Cc1cc(C(=O)C2C(=O)CC(C)(C)CC2=O)c(C)c2c1S(=O)(=O)CCC2=O.[H-].[Na+]. The zero-order chi connectivity index (χ0) is 20.3. The number of carbonyl (C=O) groups is 4. The largest absolute Gasteiger partial charge is 1.00 e. The molecule has 1 aromatic carbocycles. The van der Waals surface area contributed by atoms with Gasteiger partial charge in [0.25, 0.3) is 0 Å². The van der Waals surface area contributed by atoms with Gasteiger partial charge in [0.1, 0.15) is 5.92 Å². The second-order valence-electron chi connectivity index (χ2n) is 8.31. The molecule has 1 saturated carbocycles. The molecule has 0 saturated heterocycles. The number of Topliss-reactive ketones (excluding diaryl/α,β-unsaturated/α-hetero) is 4. The first-order chi connectivity index (χ1) is 12.4. The average Bonchev–Trinajstić information content (AvgIpc) is 2.51. The summed E-state index contributed by atoms with van der Waals surface area (Å²) in [6.45, 7) is 6.65. The van der Waals surface area contributed by atoms with Crippen LogP contribution >= 0.6 is 0 Å². The van der Waals surface area contributed by atoms with Crippen molar-refractivity contribution in [2.45, 2.75) is 51.9 Å². The first kappa shape index (κ1) is 23.1. The Bertz CT molecular complexity index is 1010. The molecular weight excluding hydrogens is 391 g/mol. The van der Waals surface area contributed by atoms with Crippen LogP contribution in [0.3, 0.4) is 0 Å². The molecule has 0 bridgehead atoms. The maximum atomic E-state index is 13.1. The van der Waals surface area contributed by atoms with Gasteiger partial charge in [-0.1, -0.05) is 13.8 Å². The molecule has 0 atom stereocenters. The first-order valence-corrected chi connectivity index (χ1v) is 10.5. The van der Waals surface area contributed by atoms with Crippen LogP contribution in [-0.2, 0) is 19.4 Å². The summed E-state index contributed by atoms with van der Waals surface area (Å²) in [7, 11) is -3.60. The Morgan fingerprint density at radius 1 is 1.11 bits per heavy atom. The maximum absolute atomic E-state index is 13.1. The van der Waals surface area contributed by atoms with E-state index in [-0.39, 0.29) is 83.4 Å². The van der Waals surface area contributed by atoms with Crippen LogP contribution in [0.25, 0.3) is 0 Å². The molecule has 28 heavy (non-hydrogen) atoms. The fraction of sp³-hybridized carbons (Fsp3) is 0.500. The van der Waals surface area contributed by atoms with E-state index in [2.05, 4.69) is 0 Å². The Morgan fingerprint density at radius 3 is 2.18 bits per heavy atom. The normalized spacial score (nSPS) is 21.1. The van der Waals surface area contributed by atoms with Crippen molar-refractivity contribution < 1.29 is 58.6 Å². The summed E-state index contributed by atoms with van der Waals surface area (Å²) in [5, 5.41) is 0. The molecule has 8 heteroatoms. The van der Waals surface area contributed by atoms with E-state index in [4.69, 9.17) is 0 Å². The molecule has 2 aliphatic rings. The third-order valence-corrected chi connectivity index (χ3v) is 7.28. The monoisotopic (exact) mass is 414 g/mol. The van der Waals surface area contributed by atoms with Crippen LogP contribution in [0.1, 0.15) is 66.4 Å². The second kappa shape index (κ2) is 7.59. The molecule has 0 unspecified atom stereocenters. The number of carbonyl (C=O) groups excluding carboxylic acids is 4. The van der Waals surface area contributed by atoms with E-state index in [1.807, 2.05) is 0 Å². The summed E-state index contributed by atoms with van der Waals surface area (Å²) < 4.78 is 24.8. The number of benzene rings is 1. The van der Waals surface area contributed by atoms with Crippen molar-refractivity contribution in [1.82, 2.24) is 0 Å². The van der Waals surface area contributed by atoms with Gasteiger partial charge < -0.3 is 1.43 Å². The van der Waals surface area contributed by atoms with E-state index < -0.39 is 38.5 Å². The van der Waals surface area contributed by atoms with Gasteiger partial charge in [0, 0.05) is 30.4 Å². The molecule has 1 aliphatic heterocycles. The molecule has 1 heterocycles. The van der Waals surface area contributed by atoms with Crippen molar-refractivity contribution in [2.24, 2.45) is 11.3 Å². The molecule has 0 amide bonds. The average molecular weight is 414 g/mol. The van der Waals surface area contributed by atoms with Crippen LogP contribution in [0.15, 0.2) is 11.0 Å². The minimum absolute atomic E-state index is 0. The van der Waals surface area contributed by atoms with Gasteiger partial charge in [-0.2, -0.15) is 0 Å². The molecule has 1 aromatic rings. The number of hydrogen-bond donors (Lipinski definition) is 0. The van der Waals surface area contributed by atoms with E-state index in [0.717, 1.165) is 0 Å². The summed E-state index contributed by atoms with van der Waals surface area (Å²) in [4.78, 5) is 50.4. The van der Waals surface area contributed by atoms with Crippen molar-refractivity contribution >= 4 is 33.0 Å². The quantitative estimate of drug-likeness (QED) is 0.369. The zero-order valence-electron chi connectivity index (χ0n) is 17.8. The number of rotatable bonds is 2. The standard InChI is InChI=1S/C20H22O6S.Na.H/c1-10-7-12(11(2)16-13(21)5-6-27(25,26)19(10)16)18(24)17-14(22)8-20(3,4)9-15(17)23;;/h7,17H,5-6,8-9H2,1-4H3;;/q;+1;-1. The van der Waals surface area contributed by atoms with Crippen molar-refractivity contribution in [3.05, 3.63) is 28.3 Å². The van der Waals surface area contributed by atoms with E-state index in [0.29, 0.717) is 5.56 Å². The van der Waals surface area contributed by atoms with E-state index in [1.54, 1.807) is 13.8 Å². The zero-order valence-corrected chi connectivity index (χ0v) is 19.7. The summed E-state index contributed by atoms with van der Waals surface area (Å²) in [6, 6.07) is 1.40. The van der Waals surface area contributed by atoms with Crippen LogP contribution in [0.4, 0.5) is 0 Å². The summed E-state index contributed by atoms with van der Waals surface area (Å²) in [6.07, 6.45) is 0.125. The van der Waals surface area contributed by atoms with Crippen LogP contribution in [0.5, 0.6) is 0 Å².